The monoisotopic (exact) mass is 338 g/mol. The van der Waals surface area contributed by atoms with Gasteiger partial charge in [0.1, 0.15) is 6.61 Å². The standard InChI is InChI=1S/C20H16F2N2O/c21-18-10-5-11-19(20(18)22)25-14-16-7-4-6-15(12-16)13-23-24-17-8-2-1-3-9-17/h1-13,24H,14H2. The van der Waals surface area contributed by atoms with E-state index in [0.29, 0.717) is 0 Å². The van der Waals surface area contributed by atoms with Crippen LogP contribution in [0.2, 0.25) is 0 Å². The molecule has 3 aromatic rings. The second-order valence-corrected chi connectivity index (χ2v) is 5.32. The normalized spacial score (nSPS) is 10.8. The van der Waals surface area contributed by atoms with Gasteiger partial charge in [-0.2, -0.15) is 9.49 Å². The molecule has 0 saturated carbocycles. The molecule has 0 heterocycles. The minimum Gasteiger partial charge on any atom is -0.486 e. The molecule has 25 heavy (non-hydrogen) atoms. The molecular formula is C20H16F2N2O. The number of anilines is 1. The van der Waals surface area contributed by atoms with Crippen molar-refractivity contribution in [2.75, 3.05) is 5.43 Å². The Bertz CT molecular complexity index is 867. The maximum Gasteiger partial charge on any atom is 0.200 e. The van der Waals surface area contributed by atoms with Gasteiger partial charge in [0.15, 0.2) is 11.6 Å². The Balaban J connectivity index is 1.62. The molecule has 126 valence electrons. The first kappa shape index (κ1) is 16.6. The minimum atomic E-state index is -0.979. The van der Waals surface area contributed by atoms with Gasteiger partial charge in [-0.25, -0.2) is 4.39 Å². The Labute approximate surface area is 144 Å². The fourth-order valence-electron chi connectivity index (χ4n) is 2.21. The first-order chi connectivity index (χ1) is 12.2. The van der Waals surface area contributed by atoms with Crippen LogP contribution in [0.4, 0.5) is 14.5 Å². The lowest BCUT2D eigenvalue weighted by molar-refractivity contribution is 0.284. The van der Waals surface area contributed by atoms with Crippen LogP contribution in [0.5, 0.6) is 5.75 Å². The van der Waals surface area contributed by atoms with Crippen molar-refractivity contribution in [2.24, 2.45) is 5.10 Å². The Morgan fingerprint density at radius 1 is 0.920 bits per heavy atom. The maximum atomic E-state index is 13.6. The zero-order valence-corrected chi connectivity index (χ0v) is 13.3. The Hall–Kier alpha value is -3.21. The summed E-state index contributed by atoms with van der Waals surface area (Å²) in [7, 11) is 0. The Morgan fingerprint density at radius 3 is 2.56 bits per heavy atom. The van der Waals surface area contributed by atoms with Gasteiger partial charge >= 0.3 is 0 Å². The SMILES string of the molecule is Fc1cccc(OCc2cccc(C=NNc3ccccc3)c2)c1F. The summed E-state index contributed by atoms with van der Waals surface area (Å²) in [5.74, 6) is -2.01. The molecule has 0 spiro atoms. The third kappa shape index (κ3) is 4.64. The van der Waals surface area contributed by atoms with Crippen LogP contribution in [0, 0.1) is 11.6 Å². The third-order valence-electron chi connectivity index (χ3n) is 3.44. The van der Waals surface area contributed by atoms with Crippen LogP contribution < -0.4 is 10.2 Å². The molecule has 3 nitrogen and oxygen atoms in total. The van der Waals surface area contributed by atoms with Crippen molar-refractivity contribution in [1.29, 1.82) is 0 Å². The fraction of sp³-hybridized carbons (Fsp3) is 0.0500. The predicted octanol–water partition coefficient (Wildman–Crippen LogP) is 4.99. The summed E-state index contributed by atoms with van der Waals surface area (Å²) < 4.78 is 32.1. The molecule has 1 N–H and O–H groups in total. The first-order valence-corrected chi connectivity index (χ1v) is 7.72. The molecule has 0 atom stereocenters. The van der Waals surface area contributed by atoms with Gasteiger partial charge in [-0.1, -0.05) is 42.5 Å². The lowest BCUT2D eigenvalue weighted by atomic mass is 10.1. The van der Waals surface area contributed by atoms with Gasteiger partial charge in [-0.15, -0.1) is 0 Å². The second-order valence-electron chi connectivity index (χ2n) is 5.32. The van der Waals surface area contributed by atoms with E-state index in [2.05, 4.69) is 10.5 Å². The van der Waals surface area contributed by atoms with Crippen molar-refractivity contribution in [3.05, 3.63) is 95.6 Å². The Kier molecular flexibility index (Phi) is 5.36. The van der Waals surface area contributed by atoms with Gasteiger partial charge in [0, 0.05) is 0 Å². The Morgan fingerprint density at radius 2 is 1.72 bits per heavy atom. The zero-order valence-electron chi connectivity index (χ0n) is 13.3. The predicted molar refractivity (Wildman–Crippen MR) is 94.8 cm³/mol. The van der Waals surface area contributed by atoms with Gasteiger partial charge in [-0.05, 0) is 41.5 Å². The number of hydrazone groups is 1. The number of hydrogen-bond donors (Lipinski definition) is 1. The summed E-state index contributed by atoms with van der Waals surface area (Å²) >= 11 is 0. The third-order valence-corrected chi connectivity index (χ3v) is 3.44. The van der Waals surface area contributed by atoms with Crippen molar-refractivity contribution in [3.63, 3.8) is 0 Å². The molecule has 3 rings (SSSR count). The van der Waals surface area contributed by atoms with Gasteiger partial charge in [0.25, 0.3) is 0 Å². The topological polar surface area (TPSA) is 33.6 Å². The van der Waals surface area contributed by atoms with Gasteiger partial charge in [0.2, 0.25) is 5.82 Å². The summed E-state index contributed by atoms with van der Waals surface area (Å²) in [5, 5.41) is 4.17. The van der Waals surface area contributed by atoms with Crippen LogP contribution in [0.15, 0.2) is 77.9 Å². The van der Waals surface area contributed by atoms with Crippen LogP contribution >= 0.6 is 0 Å². The van der Waals surface area contributed by atoms with E-state index in [9.17, 15) is 8.78 Å². The number of ether oxygens (including phenoxy) is 1. The largest absolute Gasteiger partial charge is 0.486 e. The van der Waals surface area contributed by atoms with E-state index in [0.717, 1.165) is 22.9 Å². The van der Waals surface area contributed by atoms with Crippen molar-refractivity contribution in [3.8, 4) is 5.75 Å². The van der Waals surface area contributed by atoms with E-state index < -0.39 is 11.6 Å². The molecule has 0 aliphatic heterocycles. The average molecular weight is 338 g/mol. The van der Waals surface area contributed by atoms with Gasteiger partial charge in [-0.3, -0.25) is 5.43 Å². The lowest BCUT2D eigenvalue weighted by Crippen LogP contribution is -1.99. The van der Waals surface area contributed by atoms with E-state index >= 15 is 0 Å². The van der Waals surface area contributed by atoms with E-state index in [-0.39, 0.29) is 12.4 Å². The van der Waals surface area contributed by atoms with E-state index in [1.165, 1.54) is 12.1 Å². The zero-order chi connectivity index (χ0) is 17.5. The highest BCUT2D eigenvalue weighted by molar-refractivity contribution is 5.80. The number of nitrogens with zero attached hydrogens (tertiary/aromatic N) is 1. The van der Waals surface area contributed by atoms with Crippen LogP contribution in [0.1, 0.15) is 11.1 Å². The molecule has 0 radical (unpaired) electrons. The van der Waals surface area contributed by atoms with Crippen molar-refractivity contribution in [2.45, 2.75) is 6.61 Å². The molecule has 5 heteroatoms. The molecule has 0 fully saturated rings. The number of hydrogen-bond acceptors (Lipinski definition) is 3. The quantitative estimate of drug-likeness (QED) is 0.507. The number of halogens is 2. The van der Waals surface area contributed by atoms with E-state index in [4.69, 9.17) is 4.74 Å². The van der Waals surface area contributed by atoms with Crippen LogP contribution in [0.25, 0.3) is 0 Å². The molecule has 3 aromatic carbocycles. The van der Waals surface area contributed by atoms with Crippen molar-refractivity contribution < 1.29 is 13.5 Å². The number of benzene rings is 3. The van der Waals surface area contributed by atoms with Crippen LogP contribution in [0.3, 0.4) is 0 Å². The second kappa shape index (κ2) is 8.06. The molecule has 0 aliphatic carbocycles. The molecule has 0 bridgehead atoms. The van der Waals surface area contributed by atoms with Gasteiger partial charge < -0.3 is 4.74 Å². The number of nitrogens with one attached hydrogen (secondary N) is 1. The smallest absolute Gasteiger partial charge is 0.200 e. The highest BCUT2D eigenvalue weighted by atomic mass is 19.2. The fourth-order valence-corrected chi connectivity index (χ4v) is 2.21. The highest BCUT2D eigenvalue weighted by Gasteiger charge is 2.08. The summed E-state index contributed by atoms with van der Waals surface area (Å²) in [6.07, 6.45) is 1.68. The minimum absolute atomic E-state index is 0.107. The molecule has 0 amide bonds. The van der Waals surface area contributed by atoms with Crippen LogP contribution in [-0.2, 0) is 6.61 Å². The summed E-state index contributed by atoms with van der Waals surface area (Å²) in [4.78, 5) is 0. The highest BCUT2D eigenvalue weighted by Crippen LogP contribution is 2.20. The maximum absolute atomic E-state index is 13.6. The molecule has 0 aliphatic rings. The molecule has 0 unspecified atom stereocenters. The average Bonchev–Trinajstić information content (AvgIpc) is 2.64. The first-order valence-electron chi connectivity index (χ1n) is 7.72. The van der Waals surface area contributed by atoms with Crippen LogP contribution in [-0.4, -0.2) is 6.21 Å². The number of para-hydroxylation sites is 1. The van der Waals surface area contributed by atoms with Crippen molar-refractivity contribution >= 4 is 11.9 Å². The molecule has 0 aromatic heterocycles. The molecular weight excluding hydrogens is 322 g/mol. The molecule has 0 saturated heterocycles. The van der Waals surface area contributed by atoms with Crippen molar-refractivity contribution in [1.82, 2.24) is 0 Å². The lowest BCUT2D eigenvalue weighted by Gasteiger charge is -2.08. The summed E-state index contributed by atoms with van der Waals surface area (Å²) in [5.41, 5.74) is 5.51. The summed E-state index contributed by atoms with van der Waals surface area (Å²) in [6, 6.07) is 20.9. The van der Waals surface area contributed by atoms with E-state index in [1.807, 2.05) is 54.6 Å². The summed E-state index contributed by atoms with van der Waals surface area (Å²) in [6.45, 7) is 0.133. The van der Waals surface area contributed by atoms with Gasteiger partial charge in [0.05, 0.1) is 11.9 Å². The number of rotatable bonds is 6. The van der Waals surface area contributed by atoms with E-state index in [1.54, 1.807) is 6.21 Å².